The number of carbonyl (C=O) groups is 1. The number of nitrogens with one attached hydrogen (secondary N) is 1. The van der Waals surface area contributed by atoms with Crippen LogP contribution in [-0.2, 0) is 11.3 Å². The van der Waals surface area contributed by atoms with Crippen LogP contribution in [0, 0.1) is 5.92 Å². The van der Waals surface area contributed by atoms with Gasteiger partial charge in [0.1, 0.15) is 0 Å². The maximum absolute atomic E-state index is 13.0. The average molecular weight is 268 g/mol. The van der Waals surface area contributed by atoms with Crippen LogP contribution in [-0.4, -0.2) is 11.8 Å². The molecule has 104 valence electrons. The number of carbonyl (C=O) groups excluding carboxylic acids is 1. The normalized spacial score (nSPS) is 19.1. The predicted molar refractivity (Wildman–Crippen MR) is 69.9 cm³/mol. The largest absolute Gasteiger partial charge is 0.326 e. The Kier molecular flexibility index (Phi) is 4.14. The van der Waals surface area contributed by atoms with Crippen LogP contribution >= 0.6 is 0 Å². The lowest BCUT2D eigenvalue weighted by Crippen LogP contribution is -2.32. The topological polar surface area (TPSA) is 55.1 Å². The van der Waals surface area contributed by atoms with E-state index >= 15 is 0 Å². The van der Waals surface area contributed by atoms with Crippen LogP contribution in [0.2, 0.25) is 0 Å². The van der Waals surface area contributed by atoms with Gasteiger partial charge in [0.05, 0.1) is 0 Å². The molecular formula is C14H18F2N2O. The Morgan fingerprint density at radius 2 is 1.95 bits per heavy atom. The molecule has 3 nitrogen and oxygen atoms in total. The molecule has 0 aliphatic heterocycles. The molecule has 19 heavy (non-hydrogen) atoms. The summed E-state index contributed by atoms with van der Waals surface area (Å²) in [7, 11) is 0. The molecule has 0 saturated heterocycles. The van der Waals surface area contributed by atoms with Crippen LogP contribution in [0.15, 0.2) is 24.3 Å². The van der Waals surface area contributed by atoms with E-state index in [-0.39, 0.29) is 37.5 Å². The van der Waals surface area contributed by atoms with Gasteiger partial charge in [-0.25, -0.2) is 8.78 Å². The van der Waals surface area contributed by atoms with Gasteiger partial charge in [0.15, 0.2) is 0 Å². The van der Waals surface area contributed by atoms with Crippen molar-refractivity contribution in [2.45, 2.75) is 38.2 Å². The summed E-state index contributed by atoms with van der Waals surface area (Å²) >= 11 is 0. The highest BCUT2D eigenvalue weighted by atomic mass is 19.3. The Bertz CT molecular complexity index is 453. The monoisotopic (exact) mass is 268 g/mol. The molecule has 1 aromatic carbocycles. The predicted octanol–water partition coefficient (Wildman–Crippen LogP) is 2.91. The van der Waals surface area contributed by atoms with Crippen LogP contribution in [0.1, 0.15) is 31.2 Å². The number of rotatable bonds is 3. The minimum Gasteiger partial charge on any atom is -0.326 e. The molecule has 1 aliphatic carbocycles. The molecule has 0 heterocycles. The molecule has 0 spiro atoms. The zero-order chi connectivity index (χ0) is 13.9. The van der Waals surface area contributed by atoms with E-state index in [1.807, 2.05) is 18.2 Å². The summed E-state index contributed by atoms with van der Waals surface area (Å²) in [6, 6.07) is 7.27. The van der Waals surface area contributed by atoms with Crippen LogP contribution in [0.5, 0.6) is 0 Å². The molecule has 1 aliphatic rings. The summed E-state index contributed by atoms with van der Waals surface area (Å²) in [4.78, 5) is 12.0. The smallest absolute Gasteiger partial charge is 0.248 e. The fraction of sp³-hybridized carbons (Fsp3) is 0.500. The fourth-order valence-corrected chi connectivity index (χ4v) is 2.36. The Hall–Kier alpha value is -1.49. The fourth-order valence-electron chi connectivity index (χ4n) is 2.36. The molecule has 0 unspecified atom stereocenters. The van der Waals surface area contributed by atoms with Crippen molar-refractivity contribution in [2.75, 3.05) is 5.32 Å². The summed E-state index contributed by atoms with van der Waals surface area (Å²) in [6.45, 7) is 0.333. The molecular weight excluding hydrogens is 250 g/mol. The quantitative estimate of drug-likeness (QED) is 0.885. The zero-order valence-corrected chi connectivity index (χ0v) is 10.7. The highest BCUT2D eigenvalue weighted by Gasteiger charge is 2.37. The van der Waals surface area contributed by atoms with Crippen molar-refractivity contribution >= 4 is 11.6 Å². The van der Waals surface area contributed by atoms with Gasteiger partial charge in [-0.05, 0) is 24.5 Å². The summed E-state index contributed by atoms with van der Waals surface area (Å²) in [6.07, 6.45) is 0.0699. The van der Waals surface area contributed by atoms with Crippen molar-refractivity contribution in [3.05, 3.63) is 29.8 Å². The van der Waals surface area contributed by atoms with Gasteiger partial charge in [-0.1, -0.05) is 18.2 Å². The summed E-state index contributed by atoms with van der Waals surface area (Å²) < 4.78 is 26.1. The average Bonchev–Trinajstić information content (AvgIpc) is 2.39. The number of benzene rings is 1. The molecule has 0 atom stereocenters. The highest BCUT2D eigenvalue weighted by Crippen LogP contribution is 2.36. The van der Waals surface area contributed by atoms with E-state index in [1.165, 1.54) is 0 Å². The molecule has 3 N–H and O–H groups in total. The van der Waals surface area contributed by atoms with Crippen molar-refractivity contribution < 1.29 is 13.6 Å². The van der Waals surface area contributed by atoms with E-state index in [9.17, 15) is 13.6 Å². The van der Waals surface area contributed by atoms with Gasteiger partial charge < -0.3 is 11.1 Å². The Morgan fingerprint density at radius 1 is 1.32 bits per heavy atom. The summed E-state index contributed by atoms with van der Waals surface area (Å²) in [5.41, 5.74) is 7.11. The van der Waals surface area contributed by atoms with E-state index in [2.05, 4.69) is 5.32 Å². The lowest BCUT2D eigenvalue weighted by Gasteiger charge is -2.27. The van der Waals surface area contributed by atoms with E-state index in [0.717, 1.165) is 5.56 Å². The highest BCUT2D eigenvalue weighted by molar-refractivity contribution is 5.93. The molecule has 1 amide bonds. The van der Waals surface area contributed by atoms with Crippen molar-refractivity contribution in [1.29, 1.82) is 0 Å². The first-order valence-corrected chi connectivity index (χ1v) is 6.48. The van der Waals surface area contributed by atoms with Crippen LogP contribution in [0.3, 0.4) is 0 Å². The first-order chi connectivity index (χ1) is 9.02. The Morgan fingerprint density at radius 3 is 2.58 bits per heavy atom. The Labute approximate surface area is 111 Å². The van der Waals surface area contributed by atoms with Gasteiger partial charge in [-0.2, -0.15) is 0 Å². The lowest BCUT2D eigenvalue weighted by molar-refractivity contribution is -0.124. The van der Waals surface area contributed by atoms with E-state index < -0.39 is 5.92 Å². The van der Waals surface area contributed by atoms with Crippen LogP contribution in [0.25, 0.3) is 0 Å². The Balaban J connectivity index is 1.98. The van der Waals surface area contributed by atoms with E-state index in [1.54, 1.807) is 6.07 Å². The van der Waals surface area contributed by atoms with Crippen molar-refractivity contribution in [3.8, 4) is 0 Å². The third kappa shape index (κ3) is 3.50. The molecule has 1 fully saturated rings. The summed E-state index contributed by atoms with van der Waals surface area (Å²) in [5.74, 6) is -3.12. The van der Waals surface area contributed by atoms with Crippen molar-refractivity contribution in [1.82, 2.24) is 0 Å². The molecule has 0 bridgehead atoms. The number of halogens is 2. The van der Waals surface area contributed by atoms with Crippen LogP contribution in [0.4, 0.5) is 14.5 Å². The third-order valence-electron chi connectivity index (χ3n) is 3.58. The van der Waals surface area contributed by atoms with Crippen molar-refractivity contribution in [3.63, 3.8) is 0 Å². The zero-order valence-electron chi connectivity index (χ0n) is 10.7. The number of anilines is 1. The molecule has 1 aromatic rings. The second-order valence-electron chi connectivity index (χ2n) is 4.98. The number of nitrogens with two attached hydrogens (primary N) is 1. The van der Waals surface area contributed by atoms with Crippen molar-refractivity contribution in [2.24, 2.45) is 11.7 Å². The first-order valence-electron chi connectivity index (χ1n) is 6.48. The lowest BCUT2D eigenvalue weighted by atomic mass is 9.86. The minimum absolute atomic E-state index is 0.184. The molecule has 0 radical (unpaired) electrons. The maximum atomic E-state index is 13.0. The van der Waals surface area contributed by atoms with Gasteiger partial charge in [-0.15, -0.1) is 0 Å². The summed E-state index contributed by atoms with van der Waals surface area (Å²) in [5, 5.41) is 2.79. The molecule has 2 rings (SSSR count). The number of alkyl halides is 2. The van der Waals surface area contributed by atoms with Gasteiger partial charge >= 0.3 is 0 Å². The number of amides is 1. The second kappa shape index (κ2) is 5.65. The number of hydrogen-bond donors (Lipinski definition) is 2. The number of para-hydroxylation sites is 1. The number of hydrogen-bond acceptors (Lipinski definition) is 2. The van der Waals surface area contributed by atoms with Gasteiger partial charge in [-0.3, -0.25) is 4.79 Å². The van der Waals surface area contributed by atoms with E-state index in [4.69, 9.17) is 5.73 Å². The van der Waals surface area contributed by atoms with Gasteiger partial charge in [0, 0.05) is 31.0 Å². The minimum atomic E-state index is -2.61. The van der Waals surface area contributed by atoms with Gasteiger partial charge in [0.25, 0.3) is 0 Å². The molecule has 1 saturated carbocycles. The third-order valence-corrected chi connectivity index (χ3v) is 3.58. The molecule has 0 aromatic heterocycles. The van der Waals surface area contributed by atoms with Crippen LogP contribution < -0.4 is 11.1 Å². The second-order valence-corrected chi connectivity index (χ2v) is 4.98. The van der Waals surface area contributed by atoms with Gasteiger partial charge in [0.2, 0.25) is 11.8 Å². The SMILES string of the molecule is NCc1ccccc1NC(=O)C1CCC(F)(F)CC1. The van der Waals surface area contributed by atoms with E-state index in [0.29, 0.717) is 12.2 Å². The molecule has 5 heteroatoms. The maximum Gasteiger partial charge on any atom is 0.248 e. The standard InChI is InChI=1S/C14H18F2N2O/c15-14(16)7-5-10(6-8-14)13(19)18-12-4-2-1-3-11(12)9-17/h1-4,10H,5-9,17H2,(H,18,19). The first kappa shape index (κ1) is 13.9.